The third-order valence-corrected chi connectivity index (χ3v) is 5.49. The van der Waals surface area contributed by atoms with Crippen molar-refractivity contribution in [3.8, 4) is 5.75 Å². The third kappa shape index (κ3) is 2.23. The van der Waals surface area contributed by atoms with Gasteiger partial charge in [0.05, 0.1) is 12.1 Å². The number of urea groups is 1. The summed E-state index contributed by atoms with van der Waals surface area (Å²) in [5, 5.41) is 3.00. The van der Waals surface area contributed by atoms with Crippen LogP contribution in [0, 0.1) is 5.82 Å². The second-order valence-electron chi connectivity index (χ2n) is 7.87. The topological polar surface area (TPSA) is 41.6 Å². The van der Waals surface area contributed by atoms with Crippen LogP contribution < -0.4 is 15.0 Å². The average Bonchev–Trinajstić information content (AvgIpc) is 2.79. The van der Waals surface area contributed by atoms with E-state index >= 15 is 0 Å². The van der Waals surface area contributed by atoms with Crippen molar-refractivity contribution in [1.82, 2.24) is 0 Å². The van der Waals surface area contributed by atoms with Crippen molar-refractivity contribution in [2.45, 2.75) is 45.1 Å². The number of ether oxygens (including phenoxy) is 1. The molecular weight excluding hydrogens is 331 g/mol. The second kappa shape index (κ2) is 5.47. The summed E-state index contributed by atoms with van der Waals surface area (Å²) in [4.78, 5) is 14.7. The van der Waals surface area contributed by atoms with Crippen LogP contribution in [0.25, 0.3) is 0 Å². The first kappa shape index (κ1) is 16.9. The fourth-order valence-corrected chi connectivity index (χ4v) is 4.81. The van der Waals surface area contributed by atoms with Gasteiger partial charge in [-0.1, -0.05) is 13.8 Å². The fraction of sp³-hybridized carbons (Fsp3) is 0.381. The van der Waals surface area contributed by atoms with Gasteiger partial charge in [0.15, 0.2) is 0 Å². The summed E-state index contributed by atoms with van der Waals surface area (Å²) >= 11 is 0. The maximum Gasteiger partial charge on any atom is 0.327 e. The van der Waals surface area contributed by atoms with Crippen LogP contribution in [0.2, 0.25) is 0 Å². The fourth-order valence-electron chi connectivity index (χ4n) is 4.81. The van der Waals surface area contributed by atoms with Crippen LogP contribution in [-0.4, -0.2) is 12.6 Å². The summed E-state index contributed by atoms with van der Waals surface area (Å²) < 4.78 is 19.3. The van der Waals surface area contributed by atoms with Gasteiger partial charge in [-0.05, 0) is 62.1 Å². The lowest BCUT2D eigenvalue weighted by Gasteiger charge is -2.44. The number of rotatable bonds is 3. The molecule has 1 heterocycles. The number of nitrogens with zero attached hydrogens (tertiary/aromatic N) is 1. The molecule has 0 fully saturated rings. The third-order valence-electron chi connectivity index (χ3n) is 5.49. The van der Waals surface area contributed by atoms with Crippen LogP contribution in [0.3, 0.4) is 0 Å². The standard InChI is InChI=1S/C21H23FN2O2/c1-5-26-16-11-10-15-17-18(16)20(2,3)12-21(17,4)24(19(25)23-15)14-8-6-13(22)7-9-14/h6-11H,5,12H2,1-4H3,(H,23,25). The second-order valence-corrected chi connectivity index (χ2v) is 7.87. The number of hydrogen-bond acceptors (Lipinski definition) is 2. The van der Waals surface area contributed by atoms with Crippen molar-refractivity contribution < 1.29 is 13.9 Å². The normalized spacial score (nSPS) is 22.8. The molecule has 0 aromatic heterocycles. The number of benzene rings is 2. The van der Waals surface area contributed by atoms with E-state index in [9.17, 15) is 9.18 Å². The Kier molecular flexibility index (Phi) is 3.55. The molecule has 1 unspecified atom stereocenters. The van der Waals surface area contributed by atoms with Gasteiger partial charge >= 0.3 is 6.03 Å². The van der Waals surface area contributed by atoms with Crippen molar-refractivity contribution >= 4 is 17.4 Å². The smallest absolute Gasteiger partial charge is 0.327 e. The minimum absolute atomic E-state index is 0.158. The van der Waals surface area contributed by atoms with Crippen LogP contribution in [-0.2, 0) is 11.0 Å². The van der Waals surface area contributed by atoms with Crippen LogP contribution >= 0.6 is 0 Å². The van der Waals surface area contributed by atoms with Crippen LogP contribution in [0.15, 0.2) is 36.4 Å². The first-order chi connectivity index (χ1) is 12.3. The monoisotopic (exact) mass is 354 g/mol. The number of nitrogens with one attached hydrogen (secondary N) is 1. The van der Waals surface area contributed by atoms with Crippen molar-refractivity contribution in [1.29, 1.82) is 0 Å². The Balaban J connectivity index is 1.95. The Bertz CT molecular complexity index is 892. The predicted octanol–water partition coefficient (Wildman–Crippen LogP) is 5.17. The molecule has 2 aromatic carbocycles. The number of hydrogen-bond donors (Lipinski definition) is 1. The Morgan fingerprint density at radius 3 is 2.46 bits per heavy atom. The van der Waals surface area contributed by atoms with Crippen LogP contribution in [0.4, 0.5) is 20.6 Å². The van der Waals surface area contributed by atoms with Gasteiger partial charge in [-0.2, -0.15) is 0 Å². The summed E-state index contributed by atoms with van der Waals surface area (Å²) in [7, 11) is 0. The Hall–Kier alpha value is -2.56. The molecule has 1 N–H and O–H groups in total. The number of carbonyl (C=O) groups is 1. The van der Waals surface area contributed by atoms with Crippen molar-refractivity contribution in [2.24, 2.45) is 0 Å². The van der Waals surface area contributed by atoms with Gasteiger partial charge in [-0.15, -0.1) is 0 Å². The molecule has 5 heteroatoms. The van der Waals surface area contributed by atoms with Gasteiger partial charge in [-0.3, -0.25) is 4.90 Å². The summed E-state index contributed by atoms with van der Waals surface area (Å²) in [5.41, 5.74) is 3.07. The number of carbonyl (C=O) groups excluding carboxylic acids is 1. The molecule has 1 atom stereocenters. The minimum atomic E-state index is -0.526. The van der Waals surface area contributed by atoms with Crippen molar-refractivity contribution in [3.63, 3.8) is 0 Å². The van der Waals surface area contributed by atoms with E-state index < -0.39 is 5.54 Å². The van der Waals surface area contributed by atoms with E-state index in [-0.39, 0.29) is 17.3 Å². The van der Waals surface area contributed by atoms with Gasteiger partial charge in [0.25, 0.3) is 0 Å². The van der Waals surface area contributed by atoms with Crippen LogP contribution in [0.5, 0.6) is 5.75 Å². The minimum Gasteiger partial charge on any atom is -0.494 e. The zero-order valence-corrected chi connectivity index (χ0v) is 15.5. The molecule has 4 rings (SSSR count). The lowest BCUT2D eigenvalue weighted by molar-refractivity contribution is 0.245. The molecule has 0 spiro atoms. The van der Waals surface area contributed by atoms with E-state index in [1.165, 1.54) is 12.1 Å². The molecule has 1 aliphatic carbocycles. The van der Waals surface area contributed by atoms with Gasteiger partial charge in [0.2, 0.25) is 0 Å². The molecule has 4 nitrogen and oxygen atoms in total. The van der Waals surface area contributed by atoms with Crippen molar-refractivity contribution in [2.75, 3.05) is 16.8 Å². The number of amides is 2. The maximum absolute atomic E-state index is 13.4. The highest BCUT2D eigenvalue weighted by Crippen LogP contribution is 2.59. The molecule has 0 radical (unpaired) electrons. The molecule has 2 aromatic rings. The molecular formula is C21H23FN2O2. The molecule has 1 aliphatic heterocycles. The number of halogens is 1. The van der Waals surface area contributed by atoms with E-state index in [1.54, 1.807) is 17.0 Å². The molecule has 0 saturated heterocycles. The highest BCUT2D eigenvalue weighted by Gasteiger charge is 2.55. The molecule has 2 amide bonds. The summed E-state index contributed by atoms with van der Waals surface area (Å²) in [6.07, 6.45) is 0.761. The van der Waals surface area contributed by atoms with E-state index in [4.69, 9.17) is 4.74 Å². The average molecular weight is 354 g/mol. The Morgan fingerprint density at radius 1 is 1.12 bits per heavy atom. The summed E-state index contributed by atoms with van der Waals surface area (Å²) in [6.45, 7) is 9.01. The van der Waals surface area contributed by atoms with E-state index in [0.717, 1.165) is 29.0 Å². The number of anilines is 2. The van der Waals surface area contributed by atoms with E-state index in [2.05, 4.69) is 26.1 Å². The molecule has 0 bridgehead atoms. The molecule has 26 heavy (non-hydrogen) atoms. The predicted molar refractivity (Wildman–Crippen MR) is 101 cm³/mol. The first-order valence-electron chi connectivity index (χ1n) is 8.95. The Morgan fingerprint density at radius 2 is 1.81 bits per heavy atom. The van der Waals surface area contributed by atoms with Crippen molar-refractivity contribution in [3.05, 3.63) is 53.3 Å². The van der Waals surface area contributed by atoms with Gasteiger partial charge in [0.1, 0.15) is 11.6 Å². The Labute approximate surface area is 153 Å². The highest BCUT2D eigenvalue weighted by molar-refractivity contribution is 6.07. The van der Waals surface area contributed by atoms with E-state index in [1.807, 2.05) is 19.1 Å². The van der Waals surface area contributed by atoms with Gasteiger partial charge in [-0.25, -0.2) is 9.18 Å². The lowest BCUT2D eigenvalue weighted by Crippen LogP contribution is -2.52. The summed E-state index contributed by atoms with van der Waals surface area (Å²) in [6, 6.07) is 9.76. The lowest BCUT2D eigenvalue weighted by atomic mass is 9.84. The quantitative estimate of drug-likeness (QED) is 0.826. The molecule has 2 aliphatic rings. The zero-order valence-electron chi connectivity index (χ0n) is 15.5. The molecule has 136 valence electrons. The van der Waals surface area contributed by atoms with Gasteiger partial charge < -0.3 is 10.1 Å². The van der Waals surface area contributed by atoms with Gasteiger partial charge in [0, 0.05) is 22.5 Å². The van der Waals surface area contributed by atoms with Crippen LogP contribution in [0.1, 0.15) is 45.2 Å². The zero-order chi connectivity index (χ0) is 18.7. The first-order valence-corrected chi connectivity index (χ1v) is 8.95. The maximum atomic E-state index is 13.4. The van der Waals surface area contributed by atoms with E-state index in [0.29, 0.717) is 12.3 Å². The summed E-state index contributed by atoms with van der Waals surface area (Å²) in [5.74, 6) is 0.554. The largest absolute Gasteiger partial charge is 0.494 e. The highest BCUT2D eigenvalue weighted by atomic mass is 19.1. The SMILES string of the molecule is CCOc1ccc2c3c1C(C)(C)CC3(C)N(c1ccc(F)cc1)C(=O)N2. The molecule has 0 saturated carbocycles.